The van der Waals surface area contributed by atoms with Gasteiger partial charge in [0, 0.05) is 25.2 Å². The van der Waals surface area contributed by atoms with E-state index in [4.69, 9.17) is 9.47 Å². The number of morpholine rings is 1. The third-order valence-corrected chi connectivity index (χ3v) is 5.77. The summed E-state index contributed by atoms with van der Waals surface area (Å²) >= 11 is 0. The summed E-state index contributed by atoms with van der Waals surface area (Å²) in [5, 5.41) is 0. The van der Waals surface area contributed by atoms with Gasteiger partial charge in [-0.1, -0.05) is 0 Å². The Balaban J connectivity index is 1.62. The van der Waals surface area contributed by atoms with E-state index >= 15 is 0 Å². The second-order valence-electron chi connectivity index (χ2n) is 7.30. The monoisotopic (exact) mass is 370 g/mol. The zero-order valence-electron chi connectivity index (χ0n) is 15.8. The number of nitrogens with zero attached hydrogens (tertiary/aromatic N) is 2. The Hall–Kier alpha value is -2.34. The van der Waals surface area contributed by atoms with Crippen LogP contribution >= 0.6 is 0 Å². The van der Waals surface area contributed by atoms with E-state index in [-0.39, 0.29) is 24.2 Å². The van der Waals surface area contributed by atoms with Crippen LogP contribution in [0.1, 0.15) is 32.1 Å². The van der Waals surface area contributed by atoms with Crippen molar-refractivity contribution in [3.8, 4) is 5.75 Å². The van der Waals surface area contributed by atoms with Gasteiger partial charge in [0.15, 0.2) is 0 Å². The number of benzene rings is 1. The molecule has 1 aliphatic carbocycles. The number of allylic oxidation sites excluding steroid dienone is 1. The van der Waals surface area contributed by atoms with E-state index in [0.29, 0.717) is 11.4 Å². The zero-order valence-corrected chi connectivity index (χ0v) is 15.8. The Morgan fingerprint density at radius 2 is 1.74 bits per heavy atom. The van der Waals surface area contributed by atoms with Crippen molar-refractivity contribution in [2.24, 2.45) is 5.92 Å². The van der Waals surface area contributed by atoms with E-state index in [2.05, 4.69) is 4.90 Å². The number of carbonyl (C=O) groups is 2. The van der Waals surface area contributed by atoms with Crippen LogP contribution in [0.2, 0.25) is 0 Å². The molecule has 0 spiro atoms. The van der Waals surface area contributed by atoms with Gasteiger partial charge in [0.25, 0.3) is 0 Å². The van der Waals surface area contributed by atoms with Crippen LogP contribution in [0.3, 0.4) is 0 Å². The maximum absolute atomic E-state index is 13.2. The van der Waals surface area contributed by atoms with Crippen LogP contribution in [-0.2, 0) is 14.3 Å². The van der Waals surface area contributed by atoms with E-state index in [9.17, 15) is 9.59 Å². The average Bonchev–Trinajstić information content (AvgIpc) is 3.02. The lowest BCUT2D eigenvalue weighted by atomic mass is 9.85. The van der Waals surface area contributed by atoms with Gasteiger partial charge in [-0.15, -0.1) is 0 Å². The summed E-state index contributed by atoms with van der Waals surface area (Å²) in [5.41, 5.74) is 3.09. The second-order valence-corrected chi connectivity index (χ2v) is 7.30. The summed E-state index contributed by atoms with van der Waals surface area (Å²) in [6.45, 7) is 3.20. The van der Waals surface area contributed by atoms with Crippen molar-refractivity contribution in [1.29, 1.82) is 0 Å². The van der Waals surface area contributed by atoms with Gasteiger partial charge in [0.2, 0.25) is 11.8 Å². The summed E-state index contributed by atoms with van der Waals surface area (Å²) in [5.74, 6) is 0.180. The highest BCUT2D eigenvalue weighted by Crippen LogP contribution is 2.39. The molecule has 3 aliphatic rings. The van der Waals surface area contributed by atoms with Gasteiger partial charge in [-0.2, -0.15) is 0 Å². The Morgan fingerprint density at radius 3 is 2.44 bits per heavy atom. The molecule has 6 nitrogen and oxygen atoms in total. The molecule has 144 valence electrons. The quantitative estimate of drug-likeness (QED) is 0.763. The predicted molar refractivity (Wildman–Crippen MR) is 101 cm³/mol. The van der Waals surface area contributed by atoms with Gasteiger partial charge in [0.1, 0.15) is 5.75 Å². The lowest BCUT2D eigenvalue weighted by Gasteiger charge is -2.36. The number of amides is 2. The van der Waals surface area contributed by atoms with Crippen LogP contribution in [0.5, 0.6) is 5.75 Å². The van der Waals surface area contributed by atoms with E-state index in [1.165, 1.54) is 16.2 Å². The Kier molecular flexibility index (Phi) is 5.16. The molecule has 1 aromatic carbocycles. The first-order valence-corrected chi connectivity index (χ1v) is 9.74. The Bertz CT molecular complexity index is 750. The van der Waals surface area contributed by atoms with Crippen molar-refractivity contribution in [2.45, 2.75) is 32.1 Å². The lowest BCUT2D eigenvalue weighted by molar-refractivity contribution is -0.121. The number of anilines is 1. The number of hydrogen-bond acceptors (Lipinski definition) is 5. The van der Waals surface area contributed by atoms with Gasteiger partial charge in [-0.25, -0.2) is 0 Å². The molecule has 2 saturated heterocycles. The molecule has 1 unspecified atom stereocenters. The molecular formula is C21H26N2O4. The van der Waals surface area contributed by atoms with E-state index in [0.717, 1.165) is 52.0 Å². The van der Waals surface area contributed by atoms with Gasteiger partial charge in [-0.3, -0.25) is 14.5 Å². The molecule has 2 aliphatic heterocycles. The molecular weight excluding hydrogens is 344 g/mol. The highest BCUT2D eigenvalue weighted by molar-refractivity contribution is 6.21. The number of methoxy groups -OCH3 is 1. The largest absolute Gasteiger partial charge is 0.497 e. The van der Waals surface area contributed by atoms with Crippen molar-refractivity contribution in [1.82, 2.24) is 4.90 Å². The van der Waals surface area contributed by atoms with Crippen molar-refractivity contribution in [2.75, 3.05) is 38.3 Å². The molecule has 0 radical (unpaired) electrons. The fraction of sp³-hybridized carbons (Fsp3) is 0.524. The second kappa shape index (κ2) is 7.72. The number of carbonyl (C=O) groups excluding carboxylic acids is 2. The molecule has 1 aromatic rings. The topological polar surface area (TPSA) is 59.1 Å². The van der Waals surface area contributed by atoms with Crippen LogP contribution in [0.4, 0.5) is 5.69 Å². The van der Waals surface area contributed by atoms with Gasteiger partial charge in [0.05, 0.1) is 31.9 Å². The Morgan fingerprint density at radius 1 is 1.04 bits per heavy atom. The van der Waals surface area contributed by atoms with Crippen LogP contribution < -0.4 is 9.64 Å². The number of hydrogen-bond donors (Lipinski definition) is 0. The summed E-state index contributed by atoms with van der Waals surface area (Å²) in [7, 11) is 1.60. The molecule has 0 saturated carbocycles. The van der Waals surface area contributed by atoms with Crippen molar-refractivity contribution in [3.05, 3.63) is 35.5 Å². The molecule has 0 aromatic heterocycles. The first kappa shape index (κ1) is 18.0. The molecule has 0 N–H and O–H groups in total. The van der Waals surface area contributed by atoms with Gasteiger partial charge in [-0.05, 0) is 55.5 Å². The van der Waals surface area contributed by atoms with Crippen LogP contribution in [0.25, 0.3) is 0 Å². The fourth-order valence-corrected chi connectivity index (χ4v) is 4.39. The minimum Gasteiger partial charge on any atom is -0.497 e. The van der Waals surface area contributed by atoms with Crippen molar-refractivity contribution in [3.63, 3.8) is 0 Å². The number of imide groups is 1. The third kappa shape index (κ3) is 3.46. The van der Waals surface area contributed by atoms with Gasteiger partial charge >= 0.3 is 0 Å². The molecule has 2 fully saturated rings. The summed E-state index contributed by atoms with van der Waals surface area (Å²) in [4.78, 5) is 29.6. The van der Waals surface area contributed by atoms with Gasteiger partial charge < -0.3 is 14.4 Å². The molecule has 2 amide bonds. The summed E-state index contributed by atoms with van der Waals surface area (Å²) < 4.78 is 10.7. The van der Waals surface area contributed by atoms with E-state index in [1.807, 2.05) is 0 Å². The van der Waals surface area contributed by atoms with Crippen LogP contribution in [-0.4, -0.2) is 50.1 Å². The maximum Gasteiger partial charge on any atom is 0.241 e. The highest BCUT2D eigenvalue weighted by Gasteiger charge is 2.43. The zero-order chi connectivity index (χ0) is 18.8. The number of ether oxygens (including phenoxy) is 2. The average molecular weight is 370 g/mol. The third-order valence-electron chi connectivity index (χ3n) is 5.77. The molecule has 27 heavy (non-hydrogen) atoms. The van der Waals surface area contributed by atoms with Crippen LogP contribution in [0.15, 0.2) is 35.5 Å². The lowest BCUT2D eigenvalue weighted by Crippen LogP contribution is -2.38. The normalized spacial score (nSPS) is 24.0. The fourth-order valence-electron chi connectivity index (χ4n) is 4.39. The first-order valence-electron chi connectivity index (χ1n) is 9.74. The van der Waals surface area contributed by atoms with Crippen molar-refractivity contribution >= 4 is 17.5 Å². The molecule has 0 bridgehead atoms. The van der Waals surface area contributed by atoms with Crippen molar-refractivity contribution < 1.29 is 19.1 Å². The van der Waals surface area contributed by atoms with E-state index < -0.39 is 0 Å². The molecule has 6 heteroatoms. The number of rotatable bonds is 4. The smallest absolute Gasteiger partial charge is 0.241 e. The standard InChI is InChI=1S/C21H26N2O4/c1-26-16-8-6-15(7-9-16)23-20(24)14-18(21(23)25)17-4-2-3-5-19(17)22-10-12-27-13-11-22/h6-9,18H,2-5,10-14H2,1H3. The minimum absolute atomic E-state index is 0.0900. The SMILES string of the molecule is COc1ccc(N2C(=O)CC(C3=C(N4CCOCC4)CCCC3)C2=O)cc1. The predicted octanol–water partition coefficient (Wildman–Crippen LogP) is 2.74. The molecule has 4 rings (SSSR count). The Labute approximate surface area is 159 Å². The van der Waals surface area contributed by atoms with Crippen LogP contribution in [0, 0.1) is 5.92 Å². The summed E-state index contributed by atoms with van der Waals surface area (Å²) in [6.07, 6.45) is 4.41. The molecule has 2 heterocycles. The first-order chi connectivity index (χ1) is 13.2. The maximum atomic E-state index is 13.2. The summed E-state index contributed by atoms with van der Waals surface area (Å²) in [6, 6.07) is 7.11. The van der Waals surface area contributed by atoms with E-state index in [1.54, 1.807) is 31.4 Å². The molecule has 1 atom stereocenters. The highest BCUT2D eigenvalue weighted by atomic mass is 16.5. The minimum atomic E-state index is -0.322.